The highest BCUT2D eigenvalue weighted by atomic mass is 19.4. The minimum absolute atomic E-state index is 0.238. The lowest BCUT2D eigenvalue weighted by molar-refractivity contribution is -0.141. The Morgan fingerprint density at radius 1 is 1.04 bits per heavy atom. The molecule has 1 fully saturated rings. The Bertz CT molecular complexity index is 722. The maximum Gasteiger partial charge on any atom is 0.433 e. The summed E-state index contributed by atoms with van der Waals surface area (Å²) in [5, 5.41) is 7.80. The van der Waals surface area contributed by atoms with Gasteiger partial charge in [0.15, 0.2) is 11.3 Å². The summed E-state index contributed by atoms with van der Waals surface area (Å²) in [6, 6.07) is 2.76. The summed E-state index contributed by atoms with van der Waals surface area (Å²) < 4.78 is 41.3. The van der Waals surface area contributed by atoms with E-state index >= 15 is 0 Å². The number of nitrogens with zero attached hydrogens (tertiary/aromatic N) is 4. The molecule has 8 heteroatoms. The Kier molecular flexibility index (Phi) is 4.19. The van der Waals surface area contributed by atoms with Gasteiger partial charge < -0.3 is 10.2 Å². The molecule has 0 aromatic carbocycles. The number of anilines is 1. The second-order valence-electron chi connectivity index (χ2n) is 7.14. The lowest BCUT2D eigenvalue weighted by Crippen LogP contribution is -2.30. The van der Waals surface area contributed by atoms with Crippen LogP contribution < -0.4 is 10.2 Å². The van der Waals surface area contributed by atoms with Crippen LogP contribution in [-0.2, 0) is 11.6 Å². The molecule has 0 spiro atoms. The normalized spacial score (nSPS) is 17.3. The molecule has 132 valence electrons. The van der Waals surface area contributed by atoms with Crippen molar-refractivity contribution in [2.45, 2.75) is 38.8 Å². The van der Waals surface area contributed by atoms with E-state index in [0.29, 0.717) is 18.9 Å². The molecule has 1 saturated heterocycles. The van der Waals surface area contributed by atoms with Gasteiger partial charge in [0.2, 0.25) is 0 Å². The Hall–Kier alpha value is -1.83. The van der Waals surface area contributed by atoms with E-state index in [1.54, 1.807) is 10.6 Å². The molecule has 1 aliphatic heterocycles. The fourth-order valence-electron chi connectivity index (χ4n) is 2.77. The Morgan fingerprint density at radius 3 is 2.46 bits per heavy atom. The summed E-state index contributed by atoms with van der Waals surface area (Å²) in [5.74, 6) is 0.450. The molecule has 0 radical (unpaired) electrons. The average Bonchev–Trinajstić information content (AvgIpc) is 2.73. The minimum Gasteiger partial charge on any atom is -0.355 e. The summed E-state index contributed by atoms with van der Waals surface area (Å²) in [6.07, 6.45) is -3.61. The van der Waals surface area contributed by atoms with Gasteiger partial charge in [-0.05, 0) is 13.0 Å². The van der Waals surface area contributed by atoms with Crippen molar-refractivity contribution >= 4 is 11.5 Å². The third kappa shape index (κ3) is 3.33. The van der Waals surface area contributed by atoms with Crippen LogP contribution in [0.5, 0.6) is 0 Å². The van der Waals surface area contributed by atoms with Crippen molar-refractivity contribution < 1.29 is 13.2 Å². The van der Waals surface area contributed by atoms with Crippen molar-refractivity contribution in [1.29, 1.82) is 0 Å². The first kappa shape index (κ1) is 17.0. The van der Waals surface area contributed by atoms with Crippen LogP contribution in [0, 0.1) is 0 Å². The van der Waals surface area contributed by atoms with E-state index in [0.717, 1.165) is 31.3 Å². The molecule has 0 saturated carbocycles. The Morgan fingerprint density at radius 2 is 1.79 bits per heavy atom. The summed E-state index contributed by atoms with van der Waals surface area (Å²) in [4.78, 5) is 5.74. The van der Waals surface area contributed by atoms with Crippen LogP contribution in [0.3, 0.4) is 0 Å². The van der Waals surface area contributed by atoms with Gasteiger partial charge in [0, 0.05) is 37.2 Å². The first-order chi connectivity index (χ1) is 11.2. The monoisotopic (exact) mass is 341 g/mol. The van der Waals surface area contributed by atoms with Crippen LogP contribution >= 0.6 is 0 Å². The van der Waals surface area contributed by atoms with Crippen LogP contribution in [0.15, 0.2) is 12.1 Å². The molecular weight excluding hydrogens is 319 g/mol. The summed E-state index contributed by atoms with van der Waals surface area (Å²) in [7, 11) is 0. The first-order valence-corrected chi connectivity index (χ1v) is 8.10. The lowest BCUT2D eigenvalue weighted by Gasteiger charge is -2.23. The van der Waals surface area contributed by atoms with E-state index in [4.69, 9.17) is 0 Å². The van der Waals surface area contributed by atoms with Crippen LogP contribution in [0.25, 0.3) is 5.65 Å². The van der Waals surface area contributed by atoms with Crippen molar-refractivity contribution in [2.24, 2.45) is 0 Å². The van der Waals surface area contributed by atoms with Crippen molar-refractivity contribution in [3.8, 4) is 0 Å². The van der Waals surface area contributed by atoms with Gasteiger partial charge in [-0.1, -0.05) is 20.8 Å². The van der Waals surface area contributed by atoms with Crippen molar-refractivity contribution in [2.75, 3.05) is 31.1 Å². The molecule has 0 bridgehead atoms. The van der Waals surface area contributed by atoms with Crippen LogP contribution in [0.1, 0.15) is 38.6 Å². The maximum absolute atomic E-state index is 13.3. The summed E-state index contributed by atoms with van der Waals surface area (Å²) in [6.45, 7) is 8.87. The van der Waals surface area contributed by atoms with E-state index in [1.165, 1.54) is 0 Å². The van der Waals surface area contributed by atoms with Gasteiger partial charge in [-0.15, -0.1) is 0 Å². The molecule has 0 atom stereocenters. The highest BCUT2D eigenvalue weighted by molar-refractivity contribution is 5.53. The lowest BCUT2D eigenvalue weighted by atomic mass is 9.93. The molecule has 0 aliphatic carbocycles. The topological polar surface area (TPSA) is 45.5 Å². The molecule has 1 aliphatic rings. The SMILES string of the molecule is CC(C)(C)c1cc2nc(C(F)(F)F)cc(N3CCCNCC3)n2n1. The number of rotatable bonds is 1. The predicted octanol–water partition coefficient (Wildman–Crippen LogP) is 2.85. The standard InChI is InChI=1S/C16H22F3N5/c1-15(2,3)11-9-13-21-12(16(17,18)19)10-14(24(13)22-11)23-7-4-5-20-6-8-23/h9-10,20H,4-8H2,1-3H3. The first-order valence-electron chi connectivity index (χ1n) is 8.10. The van der Waals surface area contributed by atoms with Gasteiger partial charge in [-0.3, -0.25) is 0 Å². The minimum atomic E-state index is -4.48. The Labute approximate surface area is 138 Å². The number of hydrogen-bond acceptors (Lipinski definition) is 4. The second-order valence-corrected chi connectivity index (χ2v) is 7.14. The molecule has 0 unspecified atom stereocenters. The quantitative estimate of drug-likeness (QED) is 0.866. The molecule has 0 amide bonds. The molecule has 1 N–H and O–H groups in total. The zero-order chi connectivity index (χ0) is 17.5. The van der Waals surface area contributed by atoms with E-state index in [-0.39, 0.29) is 11.1 Å². The average molecular weight is 341 g/mol. The highest BCUT2D eigenvalue weighted by Crippen LogP contribution is 2.32. The zero-order valence-corrected chi connectivity index (χ0v) is 14.1. The summed E-state index contributed by atoms with van der Waals surface area (Å²) in [5.41, 5.74) is -0.169. The van der Waals surface area contributed by atoms with Gasteiger partial charge in [-0.2, -0.15) is 22.8 Å². The third-order valence-electron chi connectivity index (χ3n) is 4.13. The summed E-state index contributed by atoms with van der Waals surface area (Å²) >= 11 is 0. The molecular formula is C16H22F3N5. The molecule has 5 nitrogen and oxygen atoms in total. The fourth-order valence-corrected chi connectivity index (χ4v) is 2.77. The van der Waals surface area contributed by atoms with Crippen molar-refractivity contribution in [3.63, 3.8) is 0 Å². The zero-order valence-electron chi connectivity index (χ0n) is 14.1. The Balaban J connectivity index is 2.17. The second kappa shape index (κ2) is 5.91. The molecule has 2 aromatic heterocycles. The van der Waals surface area contributed by atoms with Crippen LogP contribution in [0.4, 0.5) is 19.0 Å². The van der Waals surface area contributed by atoms with E-state index in [9.17, 15) is 13.2 Å². The van der Waals surface area contributed by atoms with Crippen LogP contribution in [0.2, 0.25) is 0 Å². The largest absolute Gasteiger partial charge is 0.433 e. The van der Waals surface area contributed by atoms with Gasteiger partial charge in [0.05, 0.1) is 5.69 Å². The van der Waals surface area contributed by atoms with Crippen LogP contribution in [-0.4, -0.2) is 40.8 Å². The third-order valence-corrected chi connectivity index (χ3v) is 4.13. The van der Waals surface area contributed by atoms with Crippen molar-refractivity contribution in [1.82, 2.24) is 19.9 Å². The van der Waals surface area contributed by atoms with E-state index < -0.39 is 11.9 Å². The number of aromatic nitrogens is 3. The fraction of sp³-hybridized carbons (Fsp3) is 0.625. The smallest absolute Gasteiger partial charge is 0.355 e. The van der Waals surface area contributed by atoms with E-state index in [1.807, 2.05) is 25.7 Å². The number of fused-ring (bicyclic) bond motifs is 1. The predicted molar refractivity (Wildman–Crippen MR) is 86.4 cm³/mol. The van der Waals surface area contributed by atoms with Gasteiger partial charge in [-0.25, -0.2) is 4.98 Å². The molecule has 2 aromatic rings. The number of halogens is 3. The maximum atomic E-state index is 13.3. The number of alkyl halides is 3. The number of hydrogen-bond donors (Lipinski definition) is 1. The van der Waals surface area contributed by atoms with E-state index in [2.05, 4.69) is 15.4 Å². The van der Waals surface area contributed by atoms with Gasteiger partial charge in [0.1, 0.15) is 5.82 Å². The molecule has 3 rings (SSSR count). The van der Waals surface area contributed by atoms with Crippen molar-refractivity contribution in [3.05, 3.63) is 23.5 Å². The van der Waals surface area contributed by atoms with Gasteiger partial charge in [0.25, 0.3) is 0 Å². The highest BCUT2D eigenvalue weighted by Gasteiger charge is 2.35. The molecule has 3 heterocycles. The molecule has 24 heavy (non-hydrogen) atoms. The number of nitrogens with one attached hydrogen (secondary N) is 1. The van der Waals surface area contributed by atoms with Gasteiger partial charge >= 0.3 is 6.18 Å².